The number of rotatable bonds is 13. The number of hydrogen-bond acceptors (Lipinski definition) is 2. The fourth-order valence-electron chi connectivity index (χ4n) is 2.63. The van der Waals surface area contributed by atoms with Gasteiger partial charge in [-0.15, -0.1) is 0 Å². The quantitative estimate of drug-likeness (QED) is 0.264. The van der Waals surface area contributed by atoms with Crippen LogP contribution in [-0.4, -0.2) is 19.3 Å². The van der Waals surface area contributed by atoms with Crippen LogP contribution in [0.5, 0.6) is 5.75 Å². The molecule has 1 aliphatic rings. The van der Waals surface area contributed by atoms with E-state index in [0.717, 1.165) is 18.8 Å². The number of unbranched alkanes of at least 4 members (excludes halogenated alkanes) is 7. The van der Waals surface area contributed by atoms with E-state index in [1.807, 2.05) is 0 Å². The molecule has 0 saturated carbocycles. The van der Waals surface area contributed by atoms with Crippen LogP contribution in [0.4, 0.5) is 0 Å². The molecule has 1 saturated heterocycles. The molecule has 1 atom stereocenters. The third-order valence-corrected chi connectivity index (χ3v) is 4.26. The normalized spacial score (nSPS) is 16.8. The van der Waals surface area contributed by atoms with Crippen LogP contribution >= 0.6 is 0 Å². The van der Waals surface area contributed by atoms with Gasteiger partial charge in [0.1, 0.15) is 18.5 Å². The molecule has 0 N–H and O–H groups in total. The summed E-state index contributed by atoms with van der Waals surface area (Å²) in [5.74, 6) is 0.941. The van der Waals surface area contributed by atoms with Crippen LogP contribution in [0.25, 0.3) is 0 Å². The summed E-state index contributed by atoms with van der Waals surface area (Å²) in [5, 5.41) is 0. The van der Waals surface area contributed by atoms with Gasteiger partial charge in [0.15, 0.2) is 0 Å². The SMILES string of the molecule is CCCCCCCCC/C=C/Cc1ccc(OCC2CO2)cc1. The topological polar surface area (TPSA) is 21.8 Å². The first-order valence-corrected chi connectivity index (χ1v) is 9.37. The van der Waals surface area contributed by atoms with E-state index >= 15 is 0 Å². The first-order chi connectivity index (χ1) is 11.4. The summed E-state index contributed by atoms with van der Waals surface area (Å²) in [6.45, 7) is 3.80. The van der Waals surface area contributed by atoms with Gasteiger partial charge >= 0.3 is 0 Å². The number of epoxide rings is 1. The molecule has 23 heavy (non-hydrogen) atoms. The van der Waals surface area contributed by atoms with Crippen molar-refractivity contribution in [2.24, 2.45) is 0 Å². The van der Waals surface area contributed by atoms with Crippen molar-refractivity contribution in [2.75, 3.05) is 13.2 Å². The second kappa shape index (κ2) is 11.3. The van der Waals surface area contributed by atoms with Crippen LogP contribution in [0, 0.1) is 0 Å². The Hall–Kier alpha value is -1.28. The second-order valence-electron chi connectivity index (χ2n) is 6.50. The minimum absolute atomic E-state index is 0.323. The van der Waals surface area contributed by atoms with Gasteiger partial charge in [-0.2, -0.15) is 0 Å². The standard InChI is InChI=1S/C21H32O2/c1-2-3-4-5-6-7-8-9-10-11-12-19-13-15-20(16-14-19)22-17-21-18-23-21/h10-11,13-16,21H,2-9,12,17-18H2,1H3/b11-10+. The van der Waals surface area contributed by atoms with E-state index in [1.54, 1.807) is 0 Å². The zero-order chi connectivity index (χ0) is 16.2. The van der Waals surface area contributed by atoms with E-state index in [4.69, 9.17) is 9.47 Å². The Morgan fingerprint density at radius 1 is 1.00 bits per heavy atom. The Bertz CT molecular complexity index is 432. The molecule has 2 rings (SSSR count). The summed E-state index contributed by atoms with van der Waals surface area (Å²) in [6, 6.07) is 8.42. The summed E-state index contributed by atoms with van der Waals surface area (Å²) < 4.78 is 10.8. The molecule has 0 amide bonds. The Morgan fingerprint density at radius 3 is 2.39 bits per heavy atom. The summed E-state index contributed by atoms with van der Waals surface area (Å²) in [6.07, 6.45) is 16.9. The van der Waals surface area contributed by atoms with Crippen LogP contribution in [0.2, 0.25) is 0 Å². The van der Waals surface area contributed by atoms with E-state index in [-0.39, 0.29) is 0 Å². The highest BCUT2D eigenvalue weighted by Crippen LogP contribution is 2.16. The van der Waals surface area contributed by atoms with Crippen molar-refractivity contribution >= 4 is 0 Å². The molecule has 0 bridgehead atoms. The van der Waals surface area contributed by atoms with Crippen LogP contribution in [0.1, 0.15) is 63.9 Å². The fraction of sp³-hybridized carbons (Fsp3) is 0.619. The summed E-state index contributed by atoms with van der Waals surface area (Å²) in [4.78, 5) is 0. The third-order valence-electron chi connectivity index (χ3n) is 4.26. The van der Waals surface area contributed by atoms with Crippen molar-refractivity contribution in [1.29, 1.82) is 0 Å². The van der Waals surface area contributed by atoms with E-state index in [0.29, 0.717) is 12.7 Å². The van der Waals surface area contributed by atoms with Crippen molar-refractivity contribution < 1.29 is 9.47 Å². The monoisotopic (exact) mass is 316 g/mol. The van der Waals surface area contributed by atoms with Gasteiger partial charge in [0.2, 0.25) is 0 Å². The Kier molecular flexibility index (Phi) is 8.86. The van der Waals surface area contributed by atoms with Crippen molar-refractivity contribution in [1.82, 2.24) is 0 Å². The lowest BCUT2D eigenvalue weighted by Gasteiger charge is -2.04. The lowest BCUT2D eigenvalue weighted by Crippen LogP contribution is -2.03. The lowest BCUT2D eigenvalue weighted by molar-refractivity contribution is 0.263. The highest BCUT2D eigenvalue weighted by atomic mass is 16.6. The minimum atomic E-state index is 0.323. The minimum Gasteiger partial charge on any atom is -0.491 e. The smallest absolute Gasteiger partial charge is 0.119 e. The molecule has 1 fully saturated rings. The largest absolute Gasteiger partial charge is 0.491 e. The van der Waals surface area contributed by atoms with E-state index < -0.39 is 0 Å². The molecule has 0 aromatic heterocycles. The molecular formula is C21H32O2. The van der Waals surface area contributed by atoms with Gasteiger partial charge in [0, 0.05) is 0 Å². The van der Waals surface area contributed by atoms with Gasteiger partial charge in [-0.05, 0) is 37.0 Å². The Balaban J connectivity index is 1.49. The summed E-state index contributed by atoms with van der Waals surface area (Å²) >= 11 is 0. The summed E-state index contributed by atoms with van der Waals surface area (Å²) in [5.41, 5.74) is 1.34. The van der Waals surface area contributed by atoms with E-state index in [2.05, 4.69) is 43.3 Å². The Morgan fingerprint density at radius 2 is 1.70 bits per heavy atom. The fourth-order valence-corrected chi connectivity index (χ4v) is 2.63. The number of ether oxygens (including phenoxy) is 2. The average molecular weight is 316 g/mol. The van der Waals surface area contributed by atoms with Crippen LogP contribution in [0.3, 0.4) is 0 Å². The summed E-state index contributed by atoms with van der Waals surface area (Å²) in [7, 11) is 0. The van der Waals surface area contributed by atoms with Crippen LogP contribution in [0.15, 0.2) is 36.4 Å². The maximum atomic E-state index is 5.65. The third kappa shape index (κ3) is 8.80. The number of hydrogen-bond donors (Lipinski definition) is 0. The molecule has 1 aliphatic heterocycles. The highest BCUT2D eigenvalue weighted by Gasteiger charge is 2.22. The molecule has 0 spiro atoms. The van der Waals surface area contributed by atoms with Crippen LogP contribution < -0.4 is 4.74 Å². The van der Waals surface area contributed by atoms with Gasteiger partial charge in [-0.3, -0.25) is 0 Å². The molecule has 1 aromatic carbocycles. The Labute approximate surface area is 141 Å². The molecule has 0 aliphatic carbocycles. The number of allylic oxidation sites excluding steroid dienone is 2. The van der Waals surface area contributed by atoms with Gasteiger partial charge in [0.05, 0.1) is 6.61 Å². The maximum absolute atomic E-state index is 5.65. The van der Waals surface area contributed by atoms with Gasteiger partial charge in [0.25, 0.3) is 0 Å². The molecule has 2 heteroatoms. The van der Waals surface area contributed by atoms with Crippen LogP contribution in [-0.2, 0) is 11.2 Å². The predicted octanol–water partition coefficient (Wildman–Crippen LogP) is 5.70. The van der Waals surface area contributed by atoms with E-state index in [9.17, 15) is 0 Å². The van der Waals surface area contributed by atoms with Crippen molar-refractivity contribution in [3.05, 3.63) is 42.0 Å². The van der Waals surface area contributed by atoms with Crippen molar-refractivity contribution in [3.8, 4) is 5.75 Å². The zero-order valence-corrected chi connectivity index (χ0v) is 14.6. The molecular weight excluding hydrogens is 284 g/mol. The first kappa shape index (κ1) is 18.1. The predicted molar refractivity (Wildman–Crippen MR) is 97.1 cm³/mol. The molecule has 1 unspecified atom stereocenters. The van der Waals surface area contributed by atoms with Crippen molar-refractivity contribution in [2.45, 2.75) is 70.8 Å². The average Bonchev–Trinajstić information content (AvgIpc) is 3.40. The van der Waals surface area contributed by atoms with Gasteiger partial charge < -0.3 is 9.47 Å². The maximum Gasteiger partial charge on any atom is 0.119 e. The highest BCUT2D eigenvalue weighted by molar-refractivity contribution is 5.28. The lowest BCUT2D eigenvalue weighted by atomic mass is 10.1. The van der Waals surface area contributed by atoms with E-state index in [1.165, 1.54) is 56.9 Å². The first-order valence-electron chi connectivity index (χ1n) is 9.37. The molecule has 1 aromatic rings. The zero-order valence-electron chi connectivity index (χ0n) is 14.6. The molecule has 0 radical (unpaired) electrons. The molecule has 2 nitrogen and oxygen atoms in total. The molecule has 128 valence electrons. The van der Waals surface area contributed by atoms with Gasteiger partial charge in [-0.25, -0.2) is 0 Å². The number of benzene rings is 1. The van der Waals surface area contributed by atoms with Crippen molar-refractivity contribution in [3.63, 3.8) is 0 Å². The molecule has 1 heterocycles. The second-order valence-corrected chi connectivity index (χ2v) is 6.50. The van der Waals surface area contributed by atoms with Gasteiger partial charge in [-0.1, -0.05) is 69.7 Å².